The minimum absolute atomic E-state index is 0.0630. The third-order valence-electron chi connectivity index (χ3n) is 3.87. The van der Waals surface area contributed by atoms with Crippen molar-refractivity contribution >= 4 is 0 Å². The predicted molar refractivity (Wildman–Crippen MR) is 60.7 cm³/mol. The Morgan fingerprint density at radius 3 is 2.83 bits per heavy atom. The second-order valence-electron chi connectivity index (χ2n) is 5.33. The number of nitrogens with zero attached hydrogens (tertiary/aromatic N) is 2. The van der Waals surface area contributed by atoms with Crippen molar-refractivity contribution < 1.29 is 13.3 Å². The van der Waals surface area contributed by atoms with Crippen LogP contribution in [0.1, 0.15) is 55.7 Å². The maximum Gasteiger partial charge on any atom is 0.248 e. The van der Waals surface area contributed by atoms with Crippen LogP contribution in [0, 0.1) is 0 Å². The molecule has 1 saturated carbocycles. The van der Waals surface area contributed by atoms with E-state index >= 15 is 0 Å². The van der Waals surface area contributed by atoms with Crippen molar-refractivity contribution in [3.05, 3.63) is 11.7 Å². The Balaban J connectivity index is 1.69. The number of rotatable bonds is 2. The highest BCUT2D eigenvalue weighted by Crippen LogP contribution is 2.43. The molecule has 0 aromatic carbocycles. The molecule has 1 aliphatic heterocycles. The number of nitrogens with one attached hydrogen (secondary N) is 1. The van der Waals surface area contributed by atoms with Crippen molar-refractivity contribution in [2.24, 2.45) is 0 Å². The number of hydrogen-bond donors (Lipinski definition) is 1. The first kappa shape index (κ1) is 12.0. The van der Waals surface area contributed by atoms with E-state index in [0.717, 1.165) is 25.9 Å². The van der Waals surface area contributed by atoms with Crippen molar-refractivity contribution in [2.75, 3.05) is 13.1 Å². The molecular formula is C12H17F2N3O. The van der Waals surface area contributed by atoms with E-state index in [1.165, 1.54) is 0 Å². The Kier molecular flexibility index (Phi) is 3.05. The maximum atomic E-state index is 13.1. The third kappa shape index (κ3) is 2.39. The topological polar surface area (TPSA) is 51.0 Å². The first-order chi connectivity index (χ1) is 8.64. The van der Waals surface area contributed by atoms with E-state index in [9.17, 15) is 8.78 Å². The van der Waals surface area contributed by atoms with Gasteiger partial charge in [0.25, 0.3) is 0 Å². The molecule has 1 aromatic heterocycles. The second kappa shape index (κ2) is 4.57. The molecule has 2 atom stereocenters. The van der Waals surface area contributed by atoms with Crippen LogP contribution in [0.25, 0.3) is 0 Å². The molecule has 0 amide bonds. The summed E-state index contributed by atoms with van der Waals surface area (Å²) in [5, 5.41) is 7.17. The van der Waals surface area contributed by atoms with Crippen LogP contribution in [0.4, 0.5) is 8.78 Å². The predicted octanol–water partition coefficient (Wildman–Crippen LogP) is 2.44. The zero-order valence-corrected chi connectivity index (χ0v) is 10.2. The molecule has 100 valence electrons. The lowest BCUT2D eigenvalue weighted by Crippen LogP contribution is -2.28. The minimum atomic E-state index is -2.56. The van der Waals surface area contributed by atoms with Crippen molar-refractivity contribution in [1.29, 1.82) is 0 Å². The summed E-state index contributed by atoms with van der Waals surface area (Å²) >= 11 is 0. The van der Waals surface area contributed by atoms with E-state index in [2.05, 4.69) is 15.5 Å². The van der Waals surface area contributed by atoms with E-state index in [1.807, 2.05) is 0 Å². The number of aromatic nitrogens is 2. The molecule has 0 radical (unpaired) electrons. The van der Waals surface area contributed by atoms with Crippen LogP contribution in [0.2, 0.25) is 0 Å². The van der Waals surface area contributed by atoms with Gasteiger partial charge in [0, 0.05) is 25.3 Å². The fraction of sp³-hybridized carbons (Fsp3) is 0.833. The summed E-state index contributed by atoms with van der Waals surface area (Å²) in [6, 6.07) is 0. The summed E-state index contributed by atoms with van der Waals surface area (Å²) in [4.78, 5) is 4.33. The molecule has 1 aliphatic carbocycles. The van der Waals surface area contributed by atoms with Crippen LogP contribution in [-0.4, -0.2) is 29.2 Å². The third-order valence-corrected chi connectivity index (χ3v) is 3.87. The highest BCUT2D eigenvalue weighted by Gasteiger charge is 2.42. The summed E-state index contributed by atoms with van der Waals surface area (Å²) < 4.78 is 31.5. The van der Waals surface area contributed by atoms with E-state index in [4.69, 9.17) is 4.52 Å². The van der Waals surface area contributed by atoms with Crippen LogP contribution in [0.3, 0.4) is 0 Å². The van der Waals surface area contributed by atoms with E-state index < -0.39 is 5.92 Å². The summed E-state index contributed by atoms with van der Waals surface area (Å²) in [6.45, 7) is 1.86. The van der Waals surface area contributed by atoms with Gasteiger partial charge in [0.15, 0.2) is 5.82 Å². The molecule has 2 fully saturated rings. The monoisotopic (exact) mass is 257 g/mol. The minimum Gasteiger partial charge on any atom is -0.339 e. The first-order valence-corrected chi connectivity index (χ1v) is 6.56. The van der Waals surface area contributed by atoms with Gasteiger partial charge in [0.05, 0.1) is 5.92 Å². The van der Waals surface area contributed by atoms with Crippen molar-refractivity contribution in [1.82, 2.24) is 15.5 Å². The average Bonchev–Trinajstić information content (AvgIpc) is 2.96. The molecule has 2 aliphatic rings. The van der Waals surface area contributed by atoms with E-state index in [0.29, 0.717) is 18.1 Å². The molecule has 6 heteroatoms. The van der Waals surface area contributed by atoms with Gasteiger partial charge in [-0.1, -0.05) is 5.16 Å². The van der Waals surface area contributed by atoms with Gasteiger partial charge in [0.1, 0.15) is 0 Å². The van der Waals surface area contributed by atoms with Gasteiger partial charge in [-0.3, -0.25) is 0 Å². The zero-order valence-electron chi connectivity index (χ0n) is 10.2. The van der Waals surface area contributed by atoms with Crippen LogP contribution >= 0.6 is 0 Å². The second-order valence-corrected chi connectivity index (χ2v) is 5.33. The molecule has 2 heterocycles. The van der Waals surface area contributed by atoms with Crippen LogP contribution in [0.15, 0.2) is 4.52 Å². The lowest BCUT2D eigenvalue weighted by molar-refractivity contribution is 0.00750. The Hall–Kier alpha value is -1.04. The Labute approximate surface area is 104 Å². The quantitative estimate of drug-likeness (QED) is 0.884. The van der Waals surface area contributed by atoms with Gasteiger partial charge in [-0.15, -0.1) is 0 Å². The zero-order chi connectivity index (χ0) is 12.6. The Morgan fingerprint density at radius 1 is 1.28 bits per heavy atom. The molecule has 18 heavy (non-hydrogen) atoms. The maximum absolute atomic E-state index is 13.1. The highest BCUT2D eigenvalue weighted by molar-refractivity contribution is 5.04. The van der Waals surface area contributed by atoms with Crippen molar-refractivity contribution in [2.45, 2.75) is 49.9 Å². The molecule has 0 bridgehead atoms. The molecule has 1 aromatic rings. The SMILES string of the molecule is FC1(F)CCC(c2noc([C@H]3CCCNC3)n2)C1. The van der Waals surface area contributed by atoms with E-state index in [1.54, 1.807) is 0 Å². The summed E-state index contributed by atoms with van der Waals surface area (Å²) in [6.07, 6.45) is 2.36. The number of alkyl halides is 2. The Morgan fingerprint density at radius 2 is 2.17 bits per heavy atom. The van der Waals surface area contributed by atoms with Gasteiger partial charge < -0.3 is 9.84 Å². The smallest absolute Gasteiger partial charge is 0.248 e. The van der Waals surface area contributed by atoms with Crippen LogP contribution in [-0.2, 0) is 0 Å². The fourth-order valence-electron chi connectivity index (χ4n) is 2.81. The van der Waals surface area contributed by atoms with Crippen LogP contribution < -0.4 is 5.32 Å². The number of hydrogen-bond acceptors (Lipinski definition) is 4. The number of halogens is 2. The highest BCUT2D eigenvalue weighted by atomic mass is 19.3. The standard InChI is InChI=1S/C12H17F2N3O/c13-12(14)4-3-8(6-12)10-16-11(18-17-10)9-2-1-5-15-7-9/h8-9,15H,1-7H2/t8?,9-/m0/s1. The summed E-state index contributed by atoms with van der Waals surface area (Å²) in [7, 11) is 0. The van der Waals surface area contributed by atoms with E-state index in [-0.39, 0.29) is 24.7 Å². The van der Waals surface area contributed by atoms with Crippen LogP contribution in [0.5, 0.6) is 0 Å². The van der Waals surface area contributed by atoms with Crippen molar-refractivity contribution in [3.8, 4) is 0 Å². The summed E-state index contributed by atoms with van der Waals surface area (Å²) in [5.74, 6) is -1.49. The molecule has 1 N–H and O–H groups in total. The molecule has 1 saturated heterocycles. The normalized spacial score (nSPS) is 31.7. The molecule has 4 nitrogen and oxygen atoms in total. The van der Waals surface area contributed by atoms with Gasteiger partial charge in [0.2, 0.25) is 11.8 Å². The lowest BCUT2D eigenvalue weighted by atomic mass is 10.00. The molecule has 1 unspecified atom stereocenters. The van der Waals surface area contributed by atoms with Gasteiger partial charge in [-0.2, -0.15) is 4.98 Å². The van der Waals surface area contributed by atoms with Gasteiger partial charge >= 0.3 is 0 Å². The molecule has 3 rings (SSSR count). The van der Waals surface area contributed by atoms with Gasteiger partial charge in [-0.05, 0) is 25.8 Å². The summed E-state index contributed by atoms with van der Waals surface area (Å²) in [5.41, 5.74) is 0. The fourth-order valence-corrected chi connectivity index (χ4v) is 2.81. The lowest BCUT2D eigenvalue weighted by Gasteiger charge is -2.18. The molecular weight excluding hydrogens is 240 g/mol. The number of piperidine rings is 1. The largest absolute Gasteiger partial charge is 0.339 e. The molecule has 0 spiro atoms. The average molecular weight is 257 g/mol. The van der Waals surface area contributed by atoms with Crippen molar-refractivity contribution in [3.63, 3.8) is 0 Å². The van der Waals surface area contributed by atoms with Gasteiger partial charge in [-0.25, -0.2) is 8.78 Å². The Bertz CT molecular complexity index is 415. The first-order valence-electron chi connectivity index (χ1n) is 6.56.